The lowest BCUT2D eigenvalue weighted by Gasteiger charge is -2.27. The first-order chi connectivity index (χ1) is 13.9. The van der Waals surface area contributed by atoms with Gasteiger partial charge in [0.25, 0.3) is 0 Å². The predicted octanol–water partition coefficient (Wildman–Crippen LogP) is 4.35. The Labute approximate surface area is 180 Å². The zero-order valence-electron chi connectivity index (χ0n) is 15.3. The molecule has 3 atom stereocenters. The van der Waals surface area contributed by atoms with Gasteiger partial charge in [-0.25, -0.2) is 18.5 Å². The van der Waals surface area contributed by atoms with Crippen LogP contribution in [-0.2, 0) is 19.9 Å². The molecule has 0 N–H and O–H groups in total. The van der Waals surface area contributed by atoms with Crippen LogP contribution in [0.3, 0.4) is 0 Å². The van der Waals surface area contributed by atoms with E-state index in [0.29, 0.717) is 4.43 Å². The predicted molar refractivity (Wildman–Crippen MR) is 108 cm³/mol. The second-order valence-electron chi connectivity index (χ2n) is 7.18. The largest absolute Gasteiger partial charge is 0.446 e. The molecule has 2 aromatic carbocycles. The summed E-state index contributed by atoms with van der Waals surface area (Å²) in [5, 5.41) is 0. The van der Waals surface area contributed by atoms with Crippen molar-refractivity contribution in [3.63, 3.8) is 0 Å². The zero-order valence-corrected chi connectivity index (χ0v) is 17.5. The highest BCUT2D eigenvalue weighted by Gasteiger charge is 2.49. The number of benzene rings is 2. The summed E-state index contributed by atoms with van der Waals surface area (Å²) in [6, 6.07) is 12.0. The van der Waals surface area contributed by atoms with Gasteiger partial charge < -0.3 is 9.47 Å². The van der Waals surface area contributed by atoms with Crippen LogP contribution in [0.1, 0.15) is 23.6 Å². The number of nitrogens with zero attached hydrogens (tertiary/aromatic N) is 1. The van der Waals surface area contributed by atoms with Crippen molar-refractivity contribution >= 4 is 34.6 Å². The van der Waals surface area contributed by atoms with Crippen molar-refractivity contribution in [2.45, 2.75) is 18.1 Å². The van der Waals surface area contributed by atoms with Crippen LogP contribution in [0, 0.1) is 17.6 Å². The Morgan fingerprint density at radius 3 is 2.62 bits per heavy atom. The molecular weight excluding hydrogens is 495 g/mol. The van der Waals surface area contributed by atoms with Gasteiger partial charge in [-0.05, 0) is 18.1 Å². The first-order valence-electron chi connectivity index (χ1n) is 9.15. The number of alkyl halides is 1. The first-order valence-corrected chi connectivity index (χ1v) is 10.7. The fourth-order valence-corrected chi connectivity index (χ4v) is 4.87. The molecule has 2 aliphatic rings. The third kappa shape index (κ3) is 3.63. The monoisotopic (exact) mass is 513 g/mol. The lowest BCUT2D eigenvalue weighted by molar-refractivity contribution is -0.133. The molecule has 2 aromatic rings. The van der Waals surface area contributed by atoms with Crippen LogP contribution in [0.25, 0.3) is 0 Å². The van der Waals surface area contributed by atoms with Crippen LogP contribution in [0.5, 0.6) is 0 Å². The molecule has 4 rings (SSSR count). The molecule has 29 heavy (non-hydrogen) atoms. The number of amides is 2. The van der Waals surface area contributed by atoms with Gasteiger partial charge in [-0.2, -0.15) is 0 Å². The number of hydrogen-bond acceptors (Lipinski definition) is 4. The van der Waals surface area contributed by atoms with E-state index in [-0.39, 0.29) is 25.2 Å². The number of imide groups is 1. The minimum absolute atomic E-state index is 0.0456. The smallest absolute Gasteiger partial charge is 0.417 e. The molecule has 0 aromatic heterocycles. The van der Waals surface area contributed by atoms with Gasteiger partial charge in [-0.1, -0.05) is 59.0 Å². The standard InChI is InChI=1S/C21H18F2INO4/c22-15-6-7-16(17(23)8-15)21(12-24)9-14(10-29-21)19(26)25-18(11-28-20(25)27)13-4-2-1-3-5-13/h1-8,14,18H,9-12H2/t14?,18-,21+/m1/s1. The van der Waals surface area contributed by atoms with Crippen molar-refractivity contribution in [3.05, 3.63) is 71.3 Å². The van der Waals surface area contributed by atoms with E-state index in [2.05, 4.69) is 22.6 Å². The van der Waals surface area contributed by atoms with E-state index in [4.69, 9.17) is 9.47 Å². The van der Waals surface area contributed by atoms with Crippen molar-refractivity contribution in [1.29, 1.82) is 0 Å². The number of carbonyl (C=O) groups excluding carboxylic acids is 2. The van der Waals surface area contributed by atoms with E-state index in [1.54, 1.807) is 0 Å². The summed E-state index contributed by atoms with van der Waals surface area (Å²) in [5.74, 6) is -2.43. The fourth-order valence-electron chi connectivity index (χ4n) is 3.93. The summed E-state index contributed by atoms with van der Waals surface area (Å²) in [6.07, 6.45) is -0.494. The van der Waals surface area contributed by atoms with Gasteiger partial charge in [-0.3, -0.25) is 4.79 Å². The second kappa shape index (κ2) is 7.98. The van der Waals surface area contributed by atoms with Crippen LogP contribution in [-0.4, -0.2) is 34.5 Å². The summed E-state index contributed by atoms with van der Waals surface area (Å²) in [4.78, 5) is 26.6. The van der Waals surface area contributed by atoms with E-state index < -0.39 is 41.2 Å². The van der Waals surface area contributed by atoms with E-state index in [0.717, 1.165) is 16.5 Å². The molecule has 0 aliphatic carbocycles. The number of halogens is 3. The first kappa shape index (κ1) is 20.2. The van der Waals surface area contributed by atoms with E-state index in [1.807, 2.05) is 30.3 Å². The molecule has 2 amide bonds. The Hall–Kier alpha value is -2.07. The summed E-state index contributed by atoms with van der Waals surface area (Å²) < 4.78 is 39.1. The maximum absolute atomic E-state index is 14.4. The SMILES string of the molecule is O=C1OC[C@H](c2ccccc2)N1C(=O)C1CO[C@@](CI)(c2ccc(F)cc2F)C1. The maximum Gasteiger partial charge on any atom is 0.417 e. The van der Waals surface area contributed by atoms with Crippen molar-refractivity contribution in [1.82, 2.24) is 4.90 Å². The fraction of sp³-hybridized carbons (Fsp3) is 0.333. The minimum Gasteiger partial charge on any atom is -0.446 e. The van der Waals surface area contributed by atoms with Crippen LogP contribution in [0.15, 0.2) is 48.5 Å². The summed E-state index contributed by atoms with van der Waals surface area (Å²) in [7, 11) is 0. The average Bonchev–Trinajstić information content (AvgIpc) is 3.33. The molecule has 0 bridgehead atoms. The molecule has 2 saturated heterocycles. The Morgan fingerprint density at radius 2 is 1.93 bits per heavy atom. The topological polar surface area (TPSA) is 55.8 Å². The Morgan fingerprint density at radius 1 is 1.17 bits per heavy atom. The van der Waals surface area contributed by atoms with E-state index >= 15 is 0 Å². The zero-order chi connectivity index (χ0) is 20.6. The van der Waals surface area contributed by atoms with Crippen molar-refractivity contribution in [3.8, 4) is 0 Å². The number of cyclic esters (lactones) is 1. The van der Waals surface area contributed by atoms with Crippen LogP contribution < -0.4 is 0 Å². The Balaban J connectivity index is 1.59. The summed E-state index contributed by atoms with van der Waals surface area (Å²) in [6.45, 7) is 0.135. The van der Waals surface area contributed by atoms with Gasteiger partial charge in [0.2, 0.25) is 5.91 Å². The lowest BCUT2D eigenvalue weighted by atomic mass is 9.88. The second-order valence-corrected chi connectivity index (χ2v) is 7.94. The van der Waals surface area contributed by atoms with Gasteiger partial charge in [0.1, 0.15) is 29.9 Å². The number of carbonyl (C=O) groups is 2. The van der Waals surface area contributed by atoms with Crippen molar-refractivity contribution in [2.24, 2.45) is 5.92 Å². The van der Waals surface area contributed by atoms with Crippen molar-refractivity contribution in [2.75, 3.05) is 17.6 Å². The maximum atomic E-state index is 14.4. The third-order valence-corrected chi connectivity index (χ3v) is 6.65. The molecule has 0 saturated carbocycles. The molecule has 0 radical (unpaired) electrons. The summed E-state index contributed by atoms with van der Waals surface area (Å²) in [5.41, 5.74) is -0.0348. The normalized spacial score (nSPS) is 26.6. The van der Waals surface area contributed by atoms with Gasteiger partial charge in [0.05, 0.1) is 12.5 Å². The highest BCUT2D eigenvalue weighted by molar-refractivity contribution is 14.1. The molecule has 1 unspecified atom stereocenters. The van der Waals surface area contributed by atoms with Crippen molar-refractivity contribution < 1.29 is 27.8 Å². The summed E-state index contributed by atoms with van der Waals surface area (Å²) >= 11 is 2.07. The highest BCUT2D eigenvalue weighted by Crippen LogP contribution is 2.43. The van der Waals surface area contributed by atoms with Crippen LogP contribution in [0.2, 0.25) is 0 Å². The quantitative estimate of drug-likeness (QED) is 0.451. The number of rotatable bonds is 4. The Bertz CT molecular complexity index is 942. The number of hydrogen-bond donors (Lipinski definition) is 0. The van der Waals surface area contributed by atoms with E-state index in [9.17, 15) is 18.4 Å². The highest BCUT2D eigenvalue weighted by atomic mass is 127. The van der Waals surface area contributed by atoms with Gasteiger partial charge in [-0.15, -0.1) is 0 Å². The molecular formula is C21H18F2INO4. The molecule has 5 nitrogen and oxygen atoms in total. The van der Waals surface area contributed by atoms with Crippen LogP contribution >= 0.6 is 22.6 Å². The molecule has 2 heterocycles. The lowest BCUT2D eigenvalue weighted by Crippen LogP contribution is -2.39. The average molecular weight is 513 g/mol. The van der Waals surface area contributed by atoms with Gasteiger partial charge in [0, 0.05) is 16.1 Å². The molecule has 2 aliphatic heterocycles. The van der Waals surface area contributed by atoms with E-state index in [1.165, 1.54) is 12.1 Å². The van der Waals surface area contributed by atoms with Gasteiger partial charge >= 0.3 is 6.09 Å². The third-order valence-electron chi connectivity index (χ3n) is 5.42. The minimum atomic E-state index is -1.05. The molecule has 0 spiro atoms. The molecule has 2 fully saturated rings. The number of ether oxygens (including phenoxy) is 2. The molecule has 8 heteroatoms. The van der Waals surface area contributed by atoms with Crippen LogP contribution in [0.4, 0.5) is 13.6 Å². The molecule has 152 valence electrons. The Kier molecular flexibility index (Phi) is 5.56. The van der Waals surface area contributed by atoms with Gasteiger partial charge in [0.15, 0.2) is 0 Å².